The van der Waals surface area contributed by atoms with Crippen LogP contribution >= 0.6 is 0 Å². The van der Waals surface area contributed by atoms with Crippen molar-refractivity contribution in [3.63, 3.8) is 0 Å². The van der Waals surface area contributed by atoms with Gasteiger partial charge in [-0.25, -0.2) is 9.50 Å². The van der Waals surface area contributed by atoms with Gasteiger partial charge in [0.15, 0.2) is 11.3 Å². The minimum absolute atomic E-state index is 0.0531. The molecule has 10 heteroatoms. The monoisotopic (exact) mass is 414 g/mol. The number of benzene rings is 1. The number of halogens is 3. The molecule has 1 N–H and O–H groups in total. The first-order valence-electron chi connectivity index (χ1n) is 9.03. The molecule has 0 bridgehead atoms. The summed E-state index contributed by atoms with van der Waals surface area (Å²) in [6.45, 7) is 3.96. The van der Waals surface area contributed by atoms with Gasteiger partial charge in [0.1, 0.15) is 5.69 Å². The fourth-order valence-corrected chi connectivity index (χ4v) is 3.12. The number of carbonyl (C=O) groups is 1. The van der Waals surface area contributed by atoms with Crippen LogP contribution in [0.15, 0.2) is 48.8 Å². The molecule has 0 atom stereocenters. The highest BCUT2D eigenvalue weighted by Crippen LogP contribution is 2.30. The Labute approximate surface area is 169 Å². The molecule has 0 aliphatic rings. The first-order chi connectivity index (χ1) is 14.2. The van der Waals surface area contributed by atoms with Crippen LogP contribution in [-0.2, 0) is 12.7 Å². The molecule has 4 rings (SSSR count). The summed E-state index contributed by atoms with van der Waals surface area (Å²) in [4.78, 5) is 16.5. The van der Waals surface area contributed by atoms with Crippen LogP contribution in [0.4, 0.5) is 18.9 Å². The third kappa shape index (κ3) is 4.02. The summed E-state index contributed by atoms with van der Waals surface area (Å²) in [5.41, 5.74) is 1.55. The fraction of sp³-hybridized carbons (Fsp3) is 0.200. The van der Waals surface area contributed by atoms with Gasteiger partial charge in [0.05, 0.1) is 18.4 Å². The molecule has 0 aliphatic carbocycles. The number of amides is 1. The van der Waals surface area contributed by atoms with Gasteiger partial charge in [-0.15, -0.1) is 0 Å². The van der Waals surface area contributed by atoms with Crippen molar-refractivity contribution in [3.05, 3.63) is 77.0 Å². The minimum atomic E-state index is -4.62. The van der Waals surface area contributed by atoms with Gasteiger partial charge in [-0.1, -0.05) is 29.8 Å². The maximum atomic E-state index is 13.3. The Morgan fingerprint density at radius 2 is 1.97 bits per heavy atom. The number of carbonyl (C=O) groups excluding carboxylic acids is 1. The molecule has 30 heavy (non-hydrogen) atoms. The highest BCUT2D eigenvalue weighted by atomic mass is 19.4. The van der Waals surface area contributed by atoms with Gasteiger partial charge in [-0.2, -0.15) is 23.4 Å². The van der Waals surface area contributed by atoms with Crippen molar-refractivity contribution in [2.45, 2.75) is 26.6 Å². The molecule has 3 aromatic heterocycles. The van der Waals surface area contributed by atoms with Crippen molar-refractivity contribution < 1.29 is 18.0 Å². The average Bonchev–Trinajstić information content (AvgIpc) is 3.27. The molecule has 0 saturated heterocycles. The number of anilines is 1. The van der Waals surface area contributed by atoms with Gasteiger partial charge in [-0.05, 0) is 25.5 Å². The molecule has 0 aliphatic heterocycles. The quantitative estimate of drug-likeness (QED) is 0.550. The summed E-state index contributed by atoms with van der Waals surface area (Å²) < 4.78 is 42.1. The highest BCUT2D eigenvalue weighted by Gasteiger charge is 2.35. The van der Waals surface area contributed by atoms with Crippen LogP contribution in [0.1, 0.15) is 33.0 Å². The Balaban J connectivity index is 1.54. The molecule has 0 radical (unpaired) electrons. The van der Waals surface area contributed by atoms with Crippen LogP contribution in [0.2, 0.25) is 0 Å². The standard InChI is InChI=1S/C20H17F3N6O/c1-12-4-3-5-14(6-12)10-28-11-15(9-24-28)26-19(30)16-8-18-25-13(2)7-17(20(21,22)23)29(18)27-16/h3-9,11H,10H2,1-2H3,(H,26,30). The highest BCUT2D eigenvalue weighted by molar-refractivity contribution is 6.03. The molecular weight excluding hydrogens is 397 g/mol. The number of alkyl halides is 3. The number of hydrogen-bond donors (Lipinski definition) is 1. The van der Waals surface area contributed by atoms with Crippen molar-refractivity contribution in [1.82, 2.24) is 24.4 Å². The smallest absolute Gasteiger partial charge is 0.318 e. The maximum Gasteiger partial charge on any atom is 0.433 e. The number of nitrogens with one attached hydrogen (secondary N) is 1. The van der Waals surface area contributed by atoms with Crippen molar-refractivity contribution in [1.29, 1.82) is 0 Å². The molecule has 7 nitrogen and oxygen atoms in total. The minimum Gasteiger partial charge on any atom is -0.318 e. The summed E-state index contributed by atoms with van der Waals surface area (Å²) >= 11 is 0. The third-order valence-corrected chi connectivity index (χ3v) is 4.40. The zero-order chi connectivity index (χ0) is 21.5. The van der Waals surface area contributed by atoms with Crippen LogP contribution in [-0.4, -0.2) is 30.3 Å². The Bertz CT molecular complexity index is 1240. The van der Waals surface area contributed by atoms with E-state index in [0.29, 0.717) is 16.7 Å². The first-order valence-corrected chi connectivity index (χ1v) is 9.03. The number of nitrogens with zero attached hydrogens (tertiary/aromatic N) is 5. The zero-order valence-corrected chi connectivity index (χ0v) is 16.1. The van der Waals surface area contributed by atoms with E-state index >= 15 is 0 Å². The van der Waals surface area contributed by atoms with Crippen LogP contribution in [0.5, 0.6) is 0 Å². The van der Waals surface area contributed by atoms with Crippen LogP contribution in [0.25, 0.3) is 5.65 Å². The van der Waals surface area contributed by atoms with E-state index < -0.39 is 17.8 Å². The Hall–Kier alpha value is -3.69. The molecular formula is C20H17F3N6O. The van der Waals surface area contributed by atoms with E-state index in [-0.39, 0.29) is 17.0 Å². The lowest BCUT2D eigenvalue weighted by Crippen LogP contribution is -2.15. The molecule has 1 aromatic carbocycles. The SMILES string of the molecule is Cc1cccc(Cn2cc(NC(=O)c3cc4nc(C)cc(C(F)(F)F)n4n3)cn2)c1. The van der Waals surface area contributed by atoms with E-state index in [1.165, 1.54) is 19.2 Å². The topological polar surface area (TPSA) is 77.1 Å². The first kappa shape index (κ1) is 19.6. The van der Waals surface area contributed by atoms with Crippen molar-refractivity contribution >= 4 is 17.2 Å². The second-order valence-electron chi connectivity index (χ2n) is 6.95. The molecule has 0 fully saturated rings. The summed E-state index contributed by atoms with van der Waals surface area (Å²) in [7, 11) is 0. The summed E-state index contributed by atoms with van der Waals surface area (Å²) in [6.07, 6.45) is -1.52. The van der Waals surface area contributed by atoms with E-state index in [9.17, 15) is 18.0 Å². The number of fused-ring (bicyclic) bond motifs is 1. The van der Waals surface area contributed by atoms with Crippen molar-refractivity contribution in [2.75, 3.05) is 5.32 Å². The number of aryl methyl sites for hydroxylation is 2. The average molecular weight is 414 g/mol. The summed E-state index contributed by atoms with van der Waals surface area (Å²) in [5.74, 6) is -0.651. The lowest BCUT2D eigenvalue weighted by molar-refractivity contribution is -0.142. The molecule has 3 heterocycles. The molecule has 4 aromatic rings. The molecule has 0 unspecified atom stereocenters. The summed E-state index contributed by atoms with van der Waals surface area (Å²) in [6, 6.07) is 10.0. The van der Waals surface area contributed by atoms with Gasteiger partial charge >= 0.3 is 6.18 Å². The van der Waals surface area contributed by atoms with E-state index in [4.69, 9.17) is 0 Å². The largest absolute Gasteiger partial charge is 0.433 e. The second kappa shape index (κ2) is 7.29. The predicted octanol–water partition coefficient (Wildman–Crippen LogP) is 3.86. The molecule has 0 spiro atoms. The Morgan fingerprint density at radius 1 is 1.17 bits per heavy atom. The van der Waals surface area contributed by atoms with Gasteiger partial charge < -0.3 is 5.32 Å². The lowest BCUT2D eigenvalue weighted by atomic mass is 10.1. The third-order valence-electron chi connectivity index (χ3n) is 4.40. The number of hydrogen-bond acceptors (Lipinski definition) is 4. The van der Waals surface area contributed by atoms with Crippen molar-refractivity contribution in [2.24, 2.45) is 0 Å². The lowest BCUT2D eigenvalue weighted by Gasteiger charge is -2.09. The Morgan fingerprint density at radius 3 is 2.70 bits per heavy atom. The zero-order valence-electron chi connectivity index (χ0n) is 16.1. The van der Waals surface area contributed by atoms with Gasteiger partial charge in [0, 0.05) is 18.0 Å². The molecule has 154 valence electrons. The molecule has 0 saturated carbocycles. The molecule has 1 amide bonds. The van der Waals surface area contributed by atoms with E-state index in [1.54, 1.807) is 10.9 Å². The van der Waals surface area contributed by atoms with Crippen LogP contribution in [0.3, 0.4) is 0 Å². The van der Waals surface area contributed by atoms with Gasteiger partial charge in [-0.3, -0.25) is 9.48 Å². The maximum absolute atomic E-state index is 13.3. The van der Waals surface area contributed by atoms with Crippen LogP contribution in [0, 0.1) is 13.8 Å². The normalized spacial score (nSPS) is 11.8. The second-order valence-corrected chi connectivity index (χ2v) is 6.95. The predicted molar refractivity (Wildman–Crippen MR) is 103 cm³/mol. The van der Waals surface area contributed by atoms with Gasteiger partial charge in [0.2, 0.25) is 0 Å². The fourth-order valence-electron chi connectivity index (χ4n) is 3.12. The van der Waals surface area contributed by atoms with Gasteiger partial charge in [0.25, 0.3) is 5.91 Å². The van der Waals surface area contributed by atoms with E-state index in [2.05, 4.69) is 20.5 Å². The van der Waals surface area contributed by atoms with Crippen molar-refractivity contribution in [3.8, 4) is 0 Å². The van der Waals surface area contributed by atoms with E-state index in [1.807, 2.05) is 31.2 Å². The van der Waals surface area contributed by atoms with Crippen LogP contribution < -0.4 is 5.32 Å². The van der Waals surface area contributed by atoms with E-state index in [0.717, 1.165) is 17.2 Å². The Kier molecular flexibility index (Phi) is 4.76. The summed E-state index contributed by atoms with van der Waals surface area (Å²) in [5, 5.41) is 10.6. The number of rotatable bonds is 4. The number of aromatic nitrogens is 5.